The fourth-order valence-corrected chi connectivity index (χ4v) is 14.5. The van der Waals surface area contributed by atoms with E-state index < -0.39 is 17.6 Å². The maximum absolute atomic E-state index is 5.69. The second-order valence-corrected chi connectivity index (χ2v) is 15.0. The average Bonchev–Trinajstić information content (AvgIpc) is 2.62. The van der Waals surface area contributed by atoms with Crippen LogP contribution in [0.25, 0.3) is 0 Å². The van der Waals surface area contributed by atoms with E-state index in [1.165, 1.54) is 0 Å². The van der Waals surface area contributed by atoms with Crippen molar-refractivity contribution in [2.45, 2.75) is 49.3 Å². The van der Waals surface area contributed by atoms with E-state index in [1.54, 1.807) is 64.2 Å². The quantitative estimate of drug-likeness (QED) is 0.296. The SMILES string of the molecule is CCCC(SSC(CCC)[Si](OC)(OC)OC)[Si](OC)(OC)OC. The summed E-state index contributed by atoms with van der Waals surface area (Å²) in [6, 6.07) is 0. The van der Waals surface area contributed by atoms with Gasteiger partial charge in [-0.25, -0.2) is 0 Å². The Bertz CT molecular complexity index is 273. The van der Waals surface area contributed by atoms with Crippen LogP contribution in [0.2, 0.25) is 0 Å². The molecule has 10 heteroatoms. The van der Waals surface area contributed by atoms with Crippen molar-refractivity contribution in [3.05, 3.63) is 0 Å². The summed E-state index contributed by atoms with van der Waals surface area (Å²) in [6.07, 6.45) is 3.98. The molecule has 0 rings (SSSR count). The van der Waals surface area contributed by atoms with Gasteiger partial charge in [0.25, 0.3) is 0 Å². The molecule has 0 aliphatic rings. The molecular formula is C14H34O6S2Si2. The van der Waals surface area contributed by atoms with Crippen LogP contribution in [-0.2, 0) is 26.6 Å². The summed E-state index contributed by atoms with van der Waals surface area (Å²) in [7, 11) is 8.04. The van der Waals surface area contributed by atoms with Gasteiger partial charge in [0, 0.05) is 42.7 Å². The minimum Gasteiger partial charge on any atom is -0.376 e. The van der Waals surface area contributed by atoms with E-state index in [9.17, 15) is 0 Å². The highest BCUT2D eigenvalue weighted by atomic mass is 33.1. The molecule has 0 saturated carbocycles. The zero-order valence-corrected chi connectivity index (χ0v) is 19.9. The minimum absolute atomic E-state index is 0.143. The van der Waals surface area contributed by atoms with Gasteiger partial charge in [0.2, 0.25) is 0 Å². The highest BCUT2D eigenvalue weighted by molar-refractivity contribution is 8.77. The molecule has 24 heavy (non-hydrogen) atoms. The normalized spacial score (nSPS) is 15.5. The first-order valence-electron chi connectivity index (χ1n) is 8.12. The third-order valence-electron chi connectivity index (χ3n) is 3.89. The van der Waals surface area contributed by atoms with Crippen molar-refractivity contribution in [1.82, 2.24) is 0 Å². The van der Waals surface area contributed by atoms with Gasteiger partial charge in [-0.15, -0.1) is 0 Å². The van der Waals surface area contributed by atoms with Crippen molar-refractivity contribution < 1.29 is 26.6 Å². The largest absolute Gasteiger partial charge is 0.514 e. The first-order valence-corrected chi connectivity index (χ1v) is 14.0. The second-order valence-electron chi connectivity index (χ2n) is 5.18. The summed E-state index contributed by atoms with van der Waals surface area (Å²) in [4.78, 5) is 0.285. The Kier molecular flexibility index (Phi) is 13.6. The Morgan fingerprint density at radius 2 is 0.833 bits per heavy atom. The monoisotopic (exact) mass is 418 g/mol. The summed E-state index contributed by atoms with van der Waals surface area (Å²) in [5.74, 6) is 0. The van der Waals surface area contributed by atoms with Gasteiger partial charge in [0.1, 0.15) is 0 Å². The third-order valence-corrected chi connectivity index (χ3v) is 15.7. The van der Waals surface area contributed by atoms with Crippen LogP contribution < -0.4 is 0 Å². The van der Waals surface area contributed by atoms with Crippen LogP contribution in [-0.4, -0.2) is 70.0 Å². The predicted octanol–water partition coefficient (Wildman–Crippen LogP) is 3.54. The summed E-state index contributed by atoms with van der Waals surface area (Å²) >= 11 is 0. The molecule has 6 nitrogen and oxygen atoms in total. The molecule has 0 radical (unpaired) electrons. The van der Waals surface area contributed by atoms with Crippen molar-refractivity contribution >= 4 is 39.2 Å². The topological polar surface area (TPSA) is 55.4 Å². The zero-order valence-electron chi connectivity index (χ0n) is 16.2. The number of hydrogen-bond acceptors (Lipinski definition) is 8. The molecule has 0 fully saturated rings. The molecule has 0 saturated heterocycles. The van der Waals surface area contributed by atoms with Gasteiger partial charge < -0.3 is 26.6 Å². The standard InChI is InChI=1S/C14H34O6S2Si2/c1-9-11-13(23(15-3,16-4)17-5)21-22-14(12-10-2)24(18-6,19-7)20-8/h13-14H,9-12H2,1-8H3. The first kappa shape index (κ1) is 24.9. The lowest BCUT2D eigenvalue weighted by atomic mass is 10.4. The third kappa shape index (κ3) is 6.25. The first-order chi connectivity index (χ1) is 11.5. The van der Waals surface area contributed by atoms with Crippen molar-refractivity contribution in [3.63, 3.8) is 0 Å². The van der Waals surface area contributed by atoms with Gasteiger partial charge in [0.05, 0.1) is 9.75 Å². The van der Waals surface area contributed by atoms with Crippen LogP contribution in [0.3, 0.4) is 0 Å². The molecule has 0 spiro atoms. The fourth-order valence-electron chi connectivity index (χ4n) is 2.51. The second kappa shape index (κ2) is 13.1. The molecule has 0 aromatic rings. The average molecular weight is 419 g/mol. The Hall–Kier alpha value is 0.894. The van der Waals surface area contributed by atoms with Gasteiger partial charge in [-0.05, 0) is 12.8 Å². The van der Waals surface area contributed by atoms with Crippen molar-refractivity contribution in [2.24, 2.45) is 0 Å². The van der Waals surface area contributed by atoms with Crippen LogP contribution in [0.15, 0.2) is 0 Å². The molecular weight excluding hydrogens is 384 g/mol. The molecule has 0 aliphatic heterocycles. The molecule has 0 aliphatic carbocycles. The van der Waals surface area contributed by atoms with E-state index in [1.807, 2.05) is 0 Å². The zero-order chi connectivity index (χ0) is 18.6. The van der Waals surface area contributed by atoms with Crippen LogP contribution in [0.4, 0.5) is 0 Å². The van der Waals surface area contributed by atoms with E-state index in [2.05, 4.69) is 13.8 Å². The maximum Gasteiger partial charge on any atom is 0.514 e. The number of hydrogen-bond donors (Lipinski definition) is 0. The van der Waals surface area contributed by atoms with Crippen molar-refractivity contribution in [3.8, 4) is 0 Å². The molecule has 0 N–H and O–H groups in total. The minimum atomic E-state index is -2.71. The Labute approximate surface area is 157 Å². The van der Waals surface area contributed by atoms with Crippen LogP contribution >= 0.6 is 21.6 Å². The van der Waals surface area contributed by atoms with E-state index >= 15 is 0 Å². The van der Waals surface area contributed by atoms with E-state index in [4.69, 9.17) is 26.6 Å². The van der Waals surface area contributed by atoms with Crippen LogP contribution in [0.5, 0.6) is 0 Å². The Morgan fingerprint density at radius 1 is 0.583 bits per heavy atom. The van der Waals surface area contributed by atoms with E-state index in [0.717, 1.165) is 25.7 Å². The lowest BCUT2D eigenvalue weighted by molar-refractivity contribution is 0.120. The molecule has 0 bridgehead atoms. The van der Waals surface area contributed by atoms with Gasteiger partial charge in [-0.1, -0.05) is 48.3 Å². The molecule has 0 aromatic carbocycles. The fraction of sp³-hybridized carbons (Fsp3) is 1.00. The van der Waals surface area contributed by atoms with Crippen molar-refractivity contribution in [2.75, 3.05) is 42.7 Å². The van der Waals surface area contributed by atoms with Crippen LogP contribution in [0.1, 0.15) is 39.5 Å². The van der Waals surface area contributed by atoms with E-state index in [0.29, 0.717) is 0 Å². The summed E-state index contributed by atoms with van der Waals surface area (Å²) < 4.78 is 34.1. The van der Waals surface area contributed by atoms with Gasteiger partial charge in [-0.3, -0.25) is 0 Å². The lowest BCUT2D eigenvalue weighted by Gasteiger charge is -2.35. The molecule has 146 valence electrons. The van der Waals surface area contributed by atoms with Crippen molar-refractivity contribution in [1.29, 1.82) is 0 Å². The molecule has 0 amide bonds. The highest BCUT2D eigenvalue weighted by Crippen LogP contribution is 2.43. The van der Waals surface area contributed by atoms with Gasteiger partial charge in [-0.2, -0.15) is 0 Å². The Balaban J connectivity index is 5.26. The summed E-state index contributed by atoms with van der Waals surface area (Å²) in [5, 5.41) is 0. The van der Waals surface area contributed by atoms with Crippen LogP contribution in [0, 0.1) is 0 Å². The molecule has 2 atom stereocenters. The number of rotatable bonds is 15. The highest BCUT2D eigenvalue weighted by Gasteiger charge is 2.51. The molecule has 2 unspecified atom stereocenters. The molecule has 0 heterocycles. The lowest BCUT2D eigenvalue weighted by Crippen LogP contribution is -2.54. The summed E-state index contributed by atoms with van der Waals surface area (Å²) in [6.45, 7) is 4.31. The molecule has 0 aromatic heterocycles. The van der Waals surface area contributed by atoms with Gasteiger partial charge in [0.15, 0.2) is 0 Å². The smallest absolute Gasteiger partial charge is 0.376 e. The Morgan fingerprint density at radius 3 is 1.00 bits per heavy atom. The summed E-state index contributed by atoms with van der Waals surface area (Å²) in [5.41, 5.74) is 0. The predicted molar refractivity (Wildman–Crippen MR) is 106 cm³/mol. The van der Waals surface area contributed by atoms with Gasteiger partial charge >= 0.3 is 17.6 Å². The maximum atomic E-state index is 5.69. The van der Waals surface area contributed by atoms with E-state index in [-0.39, 0.29) is 9.75 Å².